The predicted octanol–water partition coefficient (Wildman–Crippen LogP) is 3.45. The number of fused-ring (bicyclic) bond motifs is 2. The number of carboxylic acids is 2. The molecule has 176 valence electrons. The van der Waals surface area contributed by atoms with Crippen LogP contribution in [0.2, 0.25) is 0 Å². The lowest BCUT2D eigenvalue weighted by Crippen LogP contribution is -2.17. The van der Waals surface area contributed by atoms with E-state index in [-0.39, 0.29) is 22.2 Å². The van der Waals surface area contributed by atoms with E-state index in [9.17, 15) is 29.4 Å². The Labute approximate surface area is 197 Å². The number of nitrogens with zero attached hydrogens (tertiary/aromatic N) is 2. The van der Waals surface area contributed by atoms with E-state index in [4.69, 9.17) is 4.42 Å². The molecular formula is C25H19N3O7. The Morgan fingerprint density at radius 1 is 1.06 bits per heavy atom. The van der Waals surface area contributed by atoms with Gasteiger partial charge in [0.25, 0.3) is 5.91 Å². The van der Waals surface area contributed by atoms with Crippen molar-refractivity contribution in [1.29, 1.82) is 0 Å². The minimum atomic E-state index is -1.40. The summed E-state index contributed by atoms with van der Waals surface area (Å²) in [7, 11) is 0. The largest absolute Gasteiger partial charge is 0.477 e. The van der Waals surface area contributed by atoms with Crippen molar-refractivity contribution in [2.45, 2.75) is 19.8 Å². The quantitative estimate of drug-likeness (QED) is 0.209. The SMILES string of the molecule is CCCc1c2nc(C(=O)O)cc(/C=N/NC(=O)c3ccccc3)c2cc2c(=O)cc(C(=O)O)oc12. The van der Waals surface area contributed by atoms with Crippen LogP contribution in [0.1, 0.15) is 55.9 Å². The first-order valence-corrected chi connectivity index (χ1v) is 10.6. The average molecular weight is 473 g/mol. The van der Waals surface area contributed by atoms with Crippen molar-refractivity contribution in [3.05, 3.63) is 86.9 Å². The van der Waals surface area contributed by atoms with Gasteiger partial charge in [0, 0.05) is 28.1 Å². The molecule has 0 unspecified atom stereocenters. The molecule has 4 rings (SSSR count). The average Bonchev–Trinajstić information content (AvgIpc) is 2.84. The Balaban J connectivity index is 1.93. The number of carbonyl (C=O) groups is 3. The minimum Gasteiger partial charge on any atom is -0.477 e. The van der Waals surface area contributed by atoms with Crippen molar-refractivity contribution in [2.24, 2.45) is 5.10 Å². The smallest absolute Gasteiger partial charge is 0.371 e. The normalized spacial score (nSPS) is 11.2. The fourth-order valence-electron chi connectivity index (χ4n) is 3.69. The second-order valence-corrected chi connectivity index (χ2v) is 7.63. The monoisotopic (exact) mass is 473 g/mol. The molecule has 10 heteroatoms. The minimum absolute atomic E-state index is 0.0413. The van der Waals surface area contributed by atoms with E-state index in [0.29, 0.717) is 34.9 Å². The zero-order valence-electron chi connectivity index (χ0n) is 18.4. The van der Waals surface area contributed by atoms with Gasteiger partial charge in [0.05, 0.1) is 17.1 Å². The van der Waals surface area contributed by atoms with Crippen molar-refractivity contribution in [3.63, 3.8) is 0 Å². The predicted molar refractivity (Wildman–Crippen MR) is 127 cm³/mol. The second-order valence-electron chi connectivity index (χ2n) is 7.63. The van der Waals surface area contributed by atoms with Crippen molar-refractivity contribution in [2.75, 3.05) is 0 Å². The van der Waals surface area contributed by atoms with E-state index in [0.717, 1.165) is 6.07 Å². The van der Waals surface area contributed by atoms with Gasteiger partial charge in [-0.1, -0.05) is 31.5 Å². The Bertz CT molecular complexity index is 1570. The molecule has 0 saturated carbocycles. The van der Waals surface area contributed by atoms with Gasteiger partial charge in [0.15, 0.2) is 5.43 Å². The molecule has 0 aliphatic rings. The van der Waals surface area contributed by atoms with Gasteiger partial charge in [-0.15, -0.1) is 0 Å². The lowest BCUT2D eigenvalue weighted by Gasteiger charge is -2.12. The molecule has 0 aliphatic carbocycles. The summed E-state index contributed by atoms with van der Waals surface area (Å²) in [6.45, 7) is 1.87. The van der Waals surface area contributed by atoms with E-state index in [1.54, 1.807) is 30.3 Å². The molecule has 0 aliphatic heterocycles. The van der Waals surface area contributed by atoms with Crippen molar-refractivity contribution in [1.82, 2.24) is 10.4 Å². The van der Waals surface area contributed by atoms with Crippen LogP contribution in [0.5, 0.6) is 0 Å². The van der Waals surface area contributed by atoms with Crippen molar-refractivity contribution in [3.8, 4) is 0 Å². The number of hydrazone groups is 1. The maximum Gasteiger partial charge on any atom is 0.371 e. The summed E-state index contributed by atoms with van der Waals surface area (Å²) in [6, 6.07) is 12.0. The number of aromatic carboxylic acids is 2. The standard InChI is InChI=1S/C25H19N3O7/c1-2-6-15-21-16(10-17-19(29)11-20(25(33)34)35-22(15)17)14(9-18(27-21)24(31)32)12-26-28-23(30)13-7-4-3-5-8-13/h3-5,7-12H,2,6H2,1H3,(H,28,30)(H,31,32)(H,33,34)/b26-12+. The van der Waals surface area contributed by atoms with E-state index in [1.165, 1.54) is 18.3 Å². The maximum absolute atomic E-state index is 12.7. The summed E-state index contributed by atoms with van der Waals surface area (Å²) in [6.07, 6.45) is 2.20. The molecule has 2 heterocycles. The van der Waals surface area contributed by atoms with Gasteiger partial charge < -0.3 is 14.6 Å². The number of amides is 1. The number of hydrogen-bond donors (Lipinski definition) is 3. The molecule has 1 amide bonds. The van der Waals surface area contributed by atoms with E-state index >= 15 is 0 Å². The molecule has 10 nitrogen and oxygen atoms in total. The molecule has 35 heavy (non-hydrogen) atoms. The van der Waals surface area contributed by atoms with Crippen LogP contribution >= 0.6 is 0 Å². The van der Waals surface area contributed by atoms with E-state index < -0.39 is 29.0 Å². The van der Waals surface area contributed by atoms with Gasteiger partial charge in [-0.2, -0.15) is 5.10 Å². The number of nitrogens with one attached hydrogen (secondary N) is 1. The third kappa shape index (κ3) is 4.62. The Kier molecular flexibility index (Phi) is 6.36. The number of benzene rings is 2. The summed E-state index contributed by atoms with van der Waals surface area (Å²) in [4.78, 5) is 52.4. The first-order valence-electron chi connectivity index (χ1n) is 10.6. The molecule has 0 fully saturated rings. The van der Waals surface area contributed by atoms with Crippen LogP contribution in [-0.2, 0) is 6.42 Å². The zero-order chi connectivity index (χ0) is 25.1. The molecule has 2 aromatic heterocycles. The summed E-state index contributed by atoms with van der Waals surface area (Å²) >= 11 is 0. The van der Waals surface area contributed by atoms with Crippen LogP contribution in [0.25, 0.3) is 21.9 Å². The van der Waals surface area contributed by atoms with Crippen LogP contribution < -0.4 is 10.9 Å². The highest BCUT2D eigenvalue weighted by atomic mass is 16.4. The van der Waals surface area contributed by atoms with Gasteiger partial charge in [-0.05, 0) is 30.7 Å². The molecule has 0 saturated heterocycles. The number of aromatic nitrogens is 1. The zero-order valence-corrected chi connectivity index (χ0v) is 18.4. The third-order valence-corrected chi connectivity index (χ3v) is 5.26. The first-order chi connectivity index (χ1) is 16.8. The van der Waals surface area contributed by atoms with Crippen molar-refractivity contribution >= 4 is 45.9 Å². The van der Waals surface area contributed by atoms with E-state index in [2.05, 4.69) is 15.5 Å². The number of rotatable bonds is 7. The fourth-order valence-corrected chi connectivity index (χ4v) is 3.69. The van der Waals surface area contributed by atoms with E-state index in [1.807, 2.05) is 6.92 Å². The fraction of sp³-hybridized carbons (Fsp3) is 0.120. The summed E-state index contributed by atoms with van der Waals surface area (Å²) < 4.78 is 5.52. The maximum atomic E-state index is 12.7. The summed E-state index contributed by atoms with van der Waals surface area (Å²) in [5.41, 5.74) is 2.90. The Morgan fingerprint density at radius 3 is 2.46 bits per heavy atom. The number of pyridine rings is 1. The van der Waals surface area contributed by atoms with Gasteiger partial charge in [-0.25, -0.2) is 20.0 Å². The highest BCUT2D eigenvalue weighted by Gasteiger charge is 2.20. The molecule has 0 bridgehead atoms. The highest BCUT2D eigenvalue weighted by molar-refractivity contribution is 6.08. The van der Waals surface area contributed by atoms with Gasteiger partial charge >= 0.3 is 11.9 Å². The molecule has 3 N–H and O–H groups in total. The summed E-state index contributed by atoms with van der Waals surface area (Å²) in [5.74, 6) is -3.68. The highest BCUT2D eigenvalue weighted by Crippen LogP contribution is 2.30. The number of carbonyl (C=O) groups excluding carboxylic acids is 1. The van der Waals surface area contributed by atoms with Gasteiger partial charge in [-0.3, -0.25) is 9.59 Å². The first kappa shape index (κ1) is 23.3. The van der Waals surface area contributed by atoms with Crippen LogP contribution in [-0.4, -0.2) is 39.3 Å². The molecule has 2 aromatic carbocycles. The van der Waals surface area contributed by atoms with Gasteiger partial charge in [0.1, 0.15) is 11.3 Å². The molecule has 0 radical (unpaired) electrons. The number of carboxylic acid groups (broad SMARTS) is 2. The Morgan fingerprint density at radius 2 is 1.80 bits per heavy atom. The van der Waals surface area contributed by atoms with Crippen LogP contribution in [0.4, 0.5) is 0 Å². The second kappa shape index (κ2) is 9.56. The molecule has 0 spiro atoms. The van der Waals surface area contributed by atoms with Crippen LogP contribution in [0, 0.1) is 0 Å². The third-order valence-electron chi connectivity index (χ3n) is 5.26. The van der Waals surface area contributed by atoms with Crippen LogP contribution in [0.15, 0.2) is 62.8 Å². The number of aryl methyl sites for hydroxylation is 1. The van der Waals surface area contributed by atoms with Gasteiger partial charge in [0.2, 0.25) is 5.76 Å². The lowest BCUT2D eigenvalue weighted by molar-refractivity contribution is 0.0659. The lowest BCUT2D eigenvalue weighted by atomic mass is 9.98. The summed E-state index contributed by atoms with van der Waals surface area (Å²) in [5, 5.41) is 23.4. The topological polar surface area (TPSA) is 159 Å². The molecular weight excluding hydrogens is 454 g/mol. The Hall–Kier alpha value is -4.86. The molecule has 0 atom stereocenters. The number of hydrogen-bond acceptors (Lipinski definition) is 7. The van der Waals surface area contributed by atoms with Crippen molar-refractivity contribution < 1.29 is 29.0 Å². The molecule has 4 aromatic rings. The van der Waals surface area contributed by atoms with Crippen LogP contribution in [0.3, 0.4) is 0 Å².